The summed E-state index contributed by atoms with van der Waals surface area (Å²) in [6.45, 7) is 13.3. The van der Waals surface area contributed by atoms with Crippen molar-refractivity contribution in [3.8, 4) is 0 Å². The first-order chi connectivity index (χ1) is 13.8. The van der Waals surface area contributed by atoms with E-state index in [1.165, 1.54) is 17.1 Å². The Morgan fingerprint density at radius 1 is 0.793 bits per heavy atom. The lowest BCUT2D eigenvalue weighted by molar-refractivity contribution is 0.596. The maximum atomic E-state index is 4.22. The van der Waals surface area contributed by atoms with Crippen molar-refractivity contribution in [2.75, 3.05) is 0 Å². The second kappa shape index (κ2) is 14.0. The number of hydrogen-bond donors (Lipinski definition) is 0. The van der Waals surface area contributed by atoms with Crippen molar-refractivity contribution < 1.29 is 0 Å². The van der Waals surface area contributed by atoms with Gasteiger partial charge in [-0.15, -0.1) is 11.3 Å². The van der Waals surface area contributed by atoms with Crippen LogP contribution in [0.5, 0.6) is 0 Å². The summed E-state index contributed by atoms with van der Waals surface area (Å²) in [5.74, 6) is 2.15. The molecule has 0 bridgehead atoms. The molecule has 0 unspecified atom stereocenters. The third-order valence-electron chi connectivity index (χ3n) is 3.98. The maximum Gasteiger partial charge on any atom is 0.0794 e. The van der Waals surface area contributed by atoms with Crippen LogP contribution in [0.1, 0.15) is 58.6 Å². The Morgan fingerprint density at radius 3 is 1.90 bits per heavy atom. The lowest BCUT2D eigenvalue weighted by atomic mass is 10.1. The highest BCUT2D eigenvalue weighted by atomic mass is 32.1. The molecule has 0 aliphatic heterocycles. The first-order valence-electron chi connectivity index (χ1n) is 10.5. The van der Waals surface area contributed by atoms with Crippen LogP contribution in [0.15, 0.2) is 47.5 Å². The monoisotopic (exact) mass is 414 g/mol. The van der Waals surface area contributed by atoms with Gasteiger partial charge in [-0.05, 0) is 55.2 Å². The molecule has 3 aromatic heterocycles. The molecule has 0 N–H and O–H groups in total. The summed E-state index contributed by atoms with van der Waals surface area (Å²) in [5.41, 5.74) is 5.63. The number of nitrogens with zero attached hydrogens (tertiary/aromatic N) is 4. The van der Waals surface area contributed by atoms with Crippen LogP contribution in [0.3, 0.4) is 0 Å². The van der Waals surface area contributed by atoms with Gasteiger partial charge in [0.1, 0.15) is 0 Å². The Morgan fingerprint density at radius 2 is 1.45 bits per heavy atom. The fraction of sp³-hybridized carbons (Fsp3) is 0.542. The van der Waals surface area contributed by atoms with E-state index in [1.807, 2.05) is 41.8 Å². The molecule has 0 radical (unpaired) electrons. The van der Waals surface area contributed by atoms with Gasteiger partial charge in [0, 0.05) is 36.2 Å². The fourth-order valence-electron chi connectivity index (χ4n) is 2.71. The van der Waals surface area contributed by atoms with Gasteiger partial charge in [-0.3, -0.25) is 9.67 Å². The van der Waals surface area contributed by atoms with Gasteiger partial charge in [0.15, 0.2) is 0 Å². The van der Waals surface area contributed by atoms with Crippen LogP contribution in [0.2, 0.25) is 0 Å². The molecule has 5 heteroatoms. The third kappa shape index (κ3) is 12.2. The summed E-state index contributed by atoms with van der Waals surface area (Å²) in [6, 6.07) is 8.12. The van der Waals surface area contributed by atoms with Crippen LogP contribution in [0.4, 0.5) is 0 Å². The number of thiazole rings is 1. The van der Waals surface area contributed by atoms with E-state index in [2.05, 4.69) is 74.1 Å². The molecule has 3 rings (SSSR count). The topological polar surface area (TPSA) is 43.6 Å². The summed E-state index contributed by atoms with van der Waals surface area (Å²) < 4.78 is 1.93. The number of aryl methyl sites for hydroxylation is 1. The molecule has 0 aliphatic carbocycles. The highest BCUT2D eigenvalue weighted by Gasteiger charge is 2.00. The molecule has 0 atom stereocenters. The summed E-state index contributed by atoms with van der Waals surface area (Å²) in [5, 5.41) is 6.20. The molecular weight excluding hydrogens is 376 g/mol. The predicted molar refractivity (Wildman–Crippen MR) is 125 cm³/mol. The number of hydrogen-bond acceptors (Lipinski definition) is 4. The molecule has 29 heavy (non-hydrogen) atoms. The second-order valence-corrected chi connectivity index (χ2v) is 9.26. The Bertz CT molecular complexity index is 746. The van der Waals surface area contributed by atoms with Crippen LogP contribution < -0.4 is 0 Å². The molecule has 4 nitrogen and oxygen atoms in total. The fourth-order valence-corrected chi connectivity index (χ4v) is 3.28. The van der Waals surface area contributed by atoms with Crippen LogP contribution in [-0.4, -0.2) is 19.7 Å². The van der Waals surface area contributed by atoms with E-state index in [1.54, 1.807) is 11.3 Å². The largest absolute Gasteiger partial charge is 0.273 e. The van der Waals surface area contributed by atoms with Crippen LogP contribution in [-0.2, 0) is 26.3 Å². The zero-order valence-electron chi connectivity index (χ0n) is 19.2. The highest BCUT2D eigenvalue weighted by molar-refractivity contribution is 7.07. The average molecular weight is 415 g/mol. The van der Waals surface area contributed by atoms with Gasteiger partial charge in [-0.2, -0.15) is 5.10 Å². The number of pyridine rings is 1. The van der Waals surface area contributed by atoms with Gasteiger partial charge in [-0.1, -0.05) is 47.6 Å². The molecule has 0 aliphatic rings. The van der Waals surface area contributed by atoms with Crippen LogP contribution in [0.25, 0.3) is 0 Å². The molecule has 3 aromatic rings. The summed E-state index contributed by atoms with van der Waals surface area (Å²) in [7, 11) is 1.98. The first kappa shape index (κ1) is 25.0. The minimum Gasteiger partial charge on any atom is -0.273 e. The van der Waals surface area contributed by atoms with Gasteiger partial charge in [0.05, 0.1) is 11.2 Å². The van der Waals surface area contributed by atoms with E-state index in [9.17, 15) is 0 Å². The highest BCUT2D eigenvalue weighted by Crippen LogP contribution is 2.07. The predicted octanol–water partition coefficient (Wildman–Crippen LogP) is 6.24. The Kier molecular flexibility index (Phi) is 12.1. The summed E-state index contributed by atoms with van der Waals surface area (Å²) in [4.78, 5) is 8.39. The molecule has 0 amide bonds. The zero-order chi connectivity index (χ0) is 21.6. The maximum absolute atomic E-state index is 4.22. The second-order valence-electron chi connectivity index (χ2n) is 8.54. The van der Waals surface area contributed by atoms with Crippen LogP contribution in [0, 0.1) is 17.8 Å². The zero-order valence-corrected chi connectivity index (χ0v) is 20.0. The lowest BCUT2D eigenvalue weighted by Crippen LogP contribution is -2.01. The molecule has 160 valence electrons. The van der Waals surface area contributed by atoms with Crippen molar-refractivity contribution in [2.45, 2.75) is 60.8 Å². The molecule has 3 heterocycles. The van der Waals surface area contributed by atoms with E-state index in [-0.39, 0.29) is 0 Å². The van der Waals surface area contributed by atoms with Crippen molar-refractivity contribution in [3.05, 3.63) is 64.6 Å². The van der Waals surface area contributed by atoms with Gasteiger partial charge in [0.2, 0.25) is 0 Å². The van der Waals surface area contributed by atoms with E-state index in [4.69, 9.17) is 0 Å². The summed E-state index contributed by atoms with van der Waals surface area (Å²) >= 11 is 1.67. The smallest absolute Gasteiger partial charge is 0.0794 e. The molecule has 0 saturated heterocycles. The van der Waals surface area contributed by atoms with Gasteiger partial charge < -0.3 is 0 Å². The number of rotatable bonds is 6. The molecular formula is C24H38N4S. The molecule has 0 fully saturated rings. The van der Waals surface area contributed by atoms with Gasteiger partial charge in [-0.25, -0.2) is 4.98 Å². The van der Waals surface area contributed by atoms with E-state index in [0.29, 0.717) is 5.92 Å². The van der Waals surface area contributed by atoms with Crippen molar-refractivity contribution in [3.63, 3.8) is 0 Å². The van der Waals surface area contributed by atoms with Crippen molar-refractivity contribution in [1.82, 2.24) is 19.7 Å². The SMILES string of the molecule is CC(C)Cc1ccccn1.CC(C)Cc1ccnn1C.CC(C)Cc1cscn1. The van der Waals surface area contributed by atoms with Crippen molar-refractivity contribution >= 4 is 11.3 Å². The minimum absolute atomic E-state index is 0.704. The molecule has 0 spiro atoms. The Labute approximate surface area is 181 Å². The van der Waals surface area contributed by atoms with Gasteiger partial charge in [0.25, 0.3) is 0 Å². The minimum atomic E-state index is 0.704. The lowest BCUT2D eigenvalue weighted by Gasteiger charge is -2.03. The normalized spacial score (nSPS) is 10.6. The standard InChI is InChI=1S/C9H13N.C8H14N2.C7H11NS/c1-8(2)7-9-5-3-4-6-10-9;1-7(2)6-8-4-5-9-10(8)3;1-6(2)3-7-4-9-5-8-7/h3-6,8H,7H2,1-2H3;4-5,7H,6H2,1-3H3;4-6H,3H2,1-2H3. The molecule has 0 aromatic carbocycles. The summed E-state index contributed by atoms with van der Waals surface area (Å²) in [6.07, 6.45) is 7.01. The Hall–Kier alpha value is -2.01. The van der Waals surface area contributed by atoms with Gasteiger partial charge >= 0.3 is 0 Å². The van der Waals surface area contributed by atoms with Crippen LogP contribution >= 0.6 is 11.3 Å². The quantitative estimate of drug-likeness (QED) is 0.479. The first-order valence-corrected chi connectivity index (χ1v) is 11.5. The molecule has 0 saturated carbocycles. The average Bonchev–Trinajstić information content (AvgIpc) is 3.28. The van der Waals surface area contributed by atoms with E-state index < -0.39 is 0 Å². The van der Waals surface area contributed by atoms with E-state index in [0.717, 1.165) is 31.1 Å². The van der Waals surface area contributed by atoms with Crippen molar-refractivity contribution in [2.24, 2.45) is 24.8 Å². The third-order valence-corrected chi connectivity index (χ3v) is 4.62. The van der Waals surface area contributed by atoms with E-state index >= 15 is 0 Å². The Balaban J connectivity index is 0.000000218. The van der Waals surface area contributed by atoms with Crippen molar-refractivity contribution in [1.29, 1.82) is 0 Å². The number of aromatic nitrogens is 4.